The number of carbonyl (C=O) groups is 1. The van der Waals surface area contributed by atoms with E-state index < -0.39 is 0 Å². The van der Waals surface area contributed by atoms with E-state index in [1.54, 1.807) is 7.05 Å². The van der Waals surface area contributed by atoms with Crippen LogP contribution in [0.15, 0.2) is 48.5 Å². The maximum Gasteiger partial charge on any atom is 0.409 e. The lowest BCUT2D eigenvalue weighted by atomic mass is 9.98. The van der Waals surface area contributed by atoms with Crippen molar-refractivity contribution in [2.45, 2.75) is 5.92 Å². The average molecular weight is 581 g/mol. The van der Waals surface area contributed by atoms with Crippen molar-refractivity contribution in [1.29, 1.82) is 0 Å². The zero-order valence-electron chi connectivity index (χ0n) is 21.6. The first-order valence-electron chi connectivity index (χ1n) is 12.7. The SMILES string of the molecule is CN(CCOCCOCCOCCOCCOCCBr)C(=O)OCC1c2ccccc2-c2ccccc21. The molecule has 2 aromatic carbocycles. The van der Waals surface area contributed by atoms with Gasteiger partial charge in [0.25, 0.3) is 0 Å². The molecule has 0 N–H and O–H groups in total. The summed E-state index contributed by atoms with van der Waals surface area (Å²) in [5.41, 5.74) is 4.83. The second-order valence-electron chi connectivity index (χ2n) is 8.48. The fraction of sp³-hybridized carbons (Fsp3) is 0.536. The van der Waals surface area contributed by atoms with Gasteiger partial charge >= 0.3 is 6.09 Å². The first-order valence-corrected chi connectivity index (χ1v) is 13.8. The quantitative estimate of drug-likeness (QED) is 0.181. The Hall–Kier alpha value is -2.01. The highest BCUT2D eigenvalue weighted by Crippen LogP contribution is 2.44. The lowest BCUT2D eigenvalue weighted by molar-refractivity contribution is -0.0110. The molecule has 0 saturated carbocycles. The molecule has 1 aliphatic carbocycles. The number of nitrogens with zero attached hydrogens (tertiary/aromatic N) is 1. The molecule has 3 rings (SSSR count). The minimum atomic E-state index is -0.352. The largest absolute Gasteiger partial charge is 0.448 e. The number of ether oxygens (including phenoxy) is 6. The van der Waals surface area contributed by atoms with Gasteiger partial charge in [0.2, 0.25) is 0 Å². The molecule has 0 bridgehead atoms. The van der Waals surface area contributed by atoms with Crippen LogP contribution in [0, 0.1) is 0 Å². The molecule has 0 saturated heterocycles. The van der Waals surface area contributed by atoms with Crippen molar-refractivity contribution in [3.63, 3.8) is 0 Å². The Morgan fingerprint density at radius 2 is 1.14 bits per heavy atom. The molecule has 9 heteroatoms. The number of amides is 1. The molecule has 0 radical (unpaired) electrons. The fourth-order valence-corrected chi connectivity index (χ4v) is 4.26. The number of likely N-dealkylation sites (N-methyl/N-ethyl adjacent to an activating group) is 1. The van der Waals surface area contributed by atoms with Gasteiger partial charge in [0, 0.05) is 24.8 Å². The van der Waals surface area contributed by atoms with Crippen LogP contribution in [-0.2, 0) is 28.4 Å². The monoisotopic (exact) mass is 579 g/mol. The van der Waals surface area contributed by atoms with E-state index in [0.717, 1.165) is 5.33 Å². The molecule has 0 spiro atoms. The van der Waals surface area contributed by atoms with Crippen LogP contribution in [0.5, 0.6) is 0 Å². The molecule has 2 aromatic rings. The van der Waals surface area contributed by atoms with Gasteiger partial charge in [-0.1, -0.05) is 64.5 Å². The molecule has 8 nitrogen and oxygen atoms in total. The van der Waals surface area contributed by atoms with E-state index >= 15 is 0 Å². The van der Waals surface area contributed by atoms with E-state index in [4.69, 9.17) is 28.4 Å². The molecular formula is C28H38BrNO7. The predicted molar refractivity (Wildman–Crippen MR) is 146 cm³/mol. The number of fused-ring (bicyclic) bond motifs is 3. The first-order chi connectivity index (χ1) is 18.2. The summed E-state index contributed by atoms with van der Waals surface area (Å²) in [6.45, 7) is 6.02. The Morgan fingerprint density at radius 1 is 0.703 bits per heavy atom. The Balaban J connectivity index is 1.18. The van der Waals surface area contributed by atoms with Gasteiger partial charge in [-0.05, 0) is 22.3 Å². The highest BCUT2D eigenvalue weighted by atomic mass is 79.9. The molecule has 204 valence electrons. The van der Waals surface area contributed by atoms with Gasteiger partial charge in [-0.25, -0.2) is 4.79 Å². The van der Waals surface area contributed by atoms with Crippen LogP contribution in [0.25, 0.3) is 11.1 Å². The zero-order chi connectivity index (χ0) is 26.1. The summed E-state index contributed by atoms with van der Waals surface area (Å²) < 4.78 is 32.9. The van der Waals surface area contributed by atoms with E-state index in [-0.39, 0.29) is 12.0 Å². The minimum absolute atomic E-state index is 0.0540. The second-order valence-corrected chi connectivity index (χ2v) is 9.27. The van der Waals surface area contributed by atoms with E-state index in [0.29, 0.717) is 79.2 Å². The molecule has 37 heavy (non-hydrogen) atoms. The van der Waals surface area contributed by atoms with Crippen molar-refractivity contribution in [3.05, 3.63) is 59.7 Å². The van der Waals surface area contributed by atoms with Gasteiger partial charge in [0.15, 0.2) is 0 Å². The first kappa shape index (κ1) is 29.5. The summed E-state index contributed by atoms with van der Waals surface area (Å²) in [5.74, 6) is 0.0540. The maximum atomic E-state index is 12.5. The Bertz CT molecular complexity index is 883. The van der Waals surface area contributed by atoms with Crippen LogP contribution >= 0.6 is 15.9 Å². The molecular weight excluding hydrogens is 542 g/mol. The van der Waals surface area contributed by atoms with Crippen LogP contribution in [0.3, 0.4) is 0 Å². The van der Waals surface area contributed by atoms with Crippen molar-refractivity contribution < 1.29 is 33.2 Å². The normalized spacial score (nSPS) is 12.4. The van der Waals surface area contributed by atoms with Gasteiger partial charge in [0.05, 0.1) is 66.1 Å². The van der Waals surface area contributed by atoms with Crippen LogP contribution in [-0.4, -0.2) is 103 Å². The topological polar surface area (TPSA) is 75.7 Å². The lowest BCUT2D eigenvalue weighted by Crippen LogP contribution is -2.32. The number of halogens is 1. The molecule has 0 aromatic heterocycles. The van der Waals surface area contributed by atoms with E-state index in [1.807, 2.05) is 24.3 Å². The summed E-state index contributed by atoms with van der Waals surface area (Å²) >= 11 is 3.30. The summed E-state index contributed by atoms with van der Waals surface area (Å²) in [7, 11) is 1.72. The van der Waals surface area contributed by atoms with Crippen LogP contribution in [0.1, 0.15) is 17.0 Å². The van der Waals surface area contributed by atoms with Crippen LogP contribution in [0.2, 0.25) is 0 Å². The number of hydrogen-bond donors (Lipinski definition) is 0. The van der Waals surface area contributed by atoms with Gasteiger partial charge in [-0.3, -0.25) is 0 Å². The van der Waals surface area contributed by atoms with Crippen molar-refractivity contribution in [2.24, 2.45) is 0 Å². The van der Waals surface area contributed by atoms with Crippen LogP contribution < -0.4 is 0 Å². The number of carbonyl (C=O) groups excluding carboxylic acids is 1. The van der Waals surface area contributed by atoms with Crippen molar-refractivity contribution in [2.75, 3.05) is 91.6 Å². The lowest BCUT2D eigenvalue weighted by Gasteiger charge is -2.19. The molecule has 0 fully saturated rings. The molecule has 1 aliphatic rings. The molecule has 1 amide bonds. The summed E-state index contributed by atoms with van der Waals surface area (Å²) in [4.78, 5) is 14.0. The standard InChI is InChI=1S/C28H38BrNO7/c1-30(11-13-33-15-17-35-19-21-36-20-18-34-16-14-32-12-10-29)28(31)37-22-27-25-8-4-2-6-23(25)24-7-3-5-9-26(24)27/h2-9,27H,10-22H2,1H3. The third-order valence-corrected chi connectivity index (χ3v) is 6.25. The molecule has 0 atom stereocenters. The number of alkyl halides is 1. The average Bonchev–Trinajstić information content (AvgIpc) is 3.25. The van der Waals surface area contributed by atoms with E-state index in [2.05, 4.69) is 40.2 Å². The van der Waals surface area contributed by atoms with E-state index in [9.17, 15) is 4.79 Å². The molecule has 0 unspecified atom stereocenters. The Morgan fingerprint density at radius 3 is 1.62 bits per heavy atom. The second kappa shape index (κ2) is 17.5. The Kier molecular flexibility index (Phi) is 14.0. The van der Waals surface area contributed by atoms with Gasteiger partial charge < -0.3 is 33.3 Å². The van der Waals surface area contributed by atoms with Gasteiger partial charge in [-0.2, -0.15) is 0 Å². The smallest absolute Gasteiger partial charge is 0.409 e. The summed E-state index contributed by atoms with van der Waals surface area (Å²) in [6.07, 6.45) is -0.352. The number of hydrogen-bond acceptors (Lipinski definition) is 7. The molecule has 0 heterocycles. The van der Waals surface area contributed by atoms with Crippen LogP contribution in [0.4, 0.5) is 4.79 Å². The maximum absolute atomic E-state index is 12.5. The zero-order valence-corrected chi connectivity index (χ0v) is 23.2. The predicted octanol–water partition coefficient (Wildman–Crippen LogP) is 4.35. The highest BCUT2D eigenvalue weighted by Gasteiger charge is 2.29. The van der Waals surface area contributed by atoms with E-state index in [1.165, 1.54) is 27.2 Å². The number of rotatable bonds is 19. The molecule has 0 aliphatic heterocycles. The summed E-state index contributed by atoms with van der Waals surface area (Å²) in [5, 5.41) is 0.833. The summed E-state index contributed by atoms with van der Waals surface area (Å²) in [6, 6.07) is 16.6. The van der Waals surface area contributed by atoms with Crippen molar-refractivity contribution in [1.82, 2.24) is 4.90 Å². The van der Waals surface area contributed by atoms with Gasteiger partial charge in [-0.15, -0.1) is 0 Å². The minimum Gasteiger partial charge on any atom is -0.448 e. The fourth-order valence-electron chi connectivity index (χ4n) is 4.03. The van der Waals surface area contributed by atoms with Crippen molar-refractivity contribution >= 4 is 22.0 Å². The Labute approximate surface area is 228 Å². The third kappa shape index (κ3) is 10.00. The van der Waals surface area contributed by atoms with Crippen molar-refractivity contribution in [3.8, 4) is 11.1 Å². The highest BCUT2D eigenvalue weighted by molar-refractivity contribution is 9.09. The third-order valence-electron chi connectivity index (χ3n) is 5.93. The van der Waals surface area contributed by atoms with Gasteiger partial charge in [0.1, 0.15) is 6.61 Å². The number of benzene rings is 2.